The lowest BCUT2D eigenvalue weighted by atomic mass is 9.96. The van der Waals surface area contributed by atoms with Crippen molar-refractivity contribution in [3.63, 3.8) is 0 Å². The molecule has 1 aliphatic heterocycles. The Morgan fingerprint density at radius 2 is 1.72 bits per heavy atom. The van der Waals surface area contributed by atoms with Crippen molar-refractivity contribution in [2.75, 3.05) is 44.2 Å². The van der Waals surface area contributed by atoms with Crippen LogP contribution in [0.2, 0.25) is 0 Å². The van der Waals surface area contributed by atoms with Crippen LogP contribution in [0.25, 0.3) is 22.0 Å². The zero-order valence-corrected chi connectivity index (χ0v) is 17.5. The van der Waals surface area contributed by atoms with Gasteiger partial charge in [-0.15, -0.1) is 0 Å². The normalized spacial score (nSPS) is 16.3. The summed E-state index contributed by atoms with van der Waals surface area (Å²) in [6.07, 6.45) is 0.793. The summed E-state index contributed by atoms with van der Waals surface area (Å²) in [6.45, 7) is 9.95. The Kier molecular flexibility index (Phi) is 6.12. The van der Waals surface area contributed by atoms with E-state index in [4.69, 9.17) is 4.98 Å². The number of aromatic nitrogens is 1. The summed E-state index contributed by atoms with van der Waals surface area (Å²) in [6, 6.07) is 19.5. The number of pyridine rings is 1. The minimum atomic E-state index is 0.226. The summed E-state index contributed by atoms with van der Waals surface area (Å²) in [5.41, 5.74) is 3.43. The second-order valence-electron chi connectivity index (χ2n) is 8.01. The van der Waals surface area contributed by atoms with E-state index in [1.54, 1.807) is 0 Å². The van der Waals surface area contributed by atoms with E-state index in [9.17, 15) is 5.11 Å². The number of benzene rings is 2. The first kappa shape index (κ1) is 19.9. The lowest BCUT2D eigenvalue weighted by Crippen LogP contribution is -2.46. The first-order chi connectivity index (χ1) is 14.2. The molecule has 3 aromatic rings. The van der Waals surface area contributed by atoms with Gasteiger partial charge >= 0.3 is 0 Å². The Morgan fingerprint density at radius 3 is 2.41 bits per heavy atom. The smallest absolute Gasteiger partial charge is 0.137 e. The zero-order valence-electron chi connectivity index (χ0n) is 17.5. The molecule has 0 bridgehead atoms. The lowest BCUT2D eigenvalue weighted by Gasteiger charge is -2.35. The minimum absolute atomic E-state index is 0.226. The fraction of sp³-hybridized carbons (Fsp3) is 0.400. The van der Waals surface area contributed by atoms with Crippen LogP contribution in [0.1, 0.15) is 31.7 Å². The molecule has 1 aromatic heterocycles. The number of aliphatic hydroxyl groups is 1. The number of hydrogen-bond acceptors (Lipinski definition) is 4. The van der Waals surface area contributed by atoms with Gasteiger partial charge in [0.05, 0.1) is 5.69 Å². The van der Waals surface area contributed by atoms with Gasteiger partial charge in [0, 0.05) is 43.7 Å². The van der Waals surface area contributed by atoms with Gasteiger partial charge in [0.25, 0.3) is 0 Å². The van der Waals surface area contributed by atoms with E-state index in [-0.39, 0.29) is 6.61 Å². The maximum atomic E-state index is 9.20. The third kappa shape index (κ3) is 4.29. The van der Waals surface area contributed by atoms with Crippen molar-refractivity contribution in [3.8, 4) is 11.3 Å². The third-order valence-corrected chi connectivity index (χ3v) is 6.18. The van der Waals surface area contributed by atoms with Crippen LogP contribution in [0.3, 0.4) is 0 Å². The molecule has 1 N–H and O–H groups in total. The predicted molar refractivity (Wildman–Crippen MR) is 122 cm³/mol. The summed E-state index contributed by atoms with van der Waals surface area (Å²) in [4.78, 5) is 10.1. The molecule has 1 saturated heterocycles. The van der Waals surface area contributed by atoms with Gasteiger partial charge < -0.3 is 14.9 Å². The minimum Gasteiger partial charge on any atom is -0.396 e. The fourth-order valence-electron chi connectivity index (χ4n) is 4.19. The van der Waals surface area contributed by atoms with Crippen molar-refractivity contribution >= 4 is 16.6 Å². The first-order valence-corrected chi connectivity index (χ1v) is 10.8. The van der Waals surface area contributed by atoms with E-state index in [0.717, 1.165) is 56.2 Å². The molecule has 0 amide bonds. The number of hydrogen-bond donors (Lipinski definition) is 1. The molecule has 152 valence electrons. The van der Waals surface area contributed by atoms with E-state index >= 15 is 0 Å². The number of aliphatic hydroxyl groups excluding tert-OH is 1. The van der Waals surface area contributed by atoms with Crippen molar-refractivity contribution in [2.45, 2.75) is 26.2 Å². The Bertz CT molecular complexity index is 946. The highest BCUT2D eigenvalue weighted by Gasteiger charge is 2.19. The molecular weight excluding hydrogens is 358 g/mol. The average Bonchev–Trinajstić information content (AvgIpc) is 2.78. The van der Waals surface area contributed by atoms with Gasteiger partial charge in [0.2, 0.25) is 0 Å². The summed E-state index contributed by atoms with van der Waals surface area (Å²) in [7, 11) is 0. The monoisotopic (exact) mass is 389 g/mol. The molecule has 4 rings (SSSR count). The van der Waals surface area contributed by atoms with Crippen molar-refractivity contribution < 1.29 is 5.11 Å². The molecular formula is C25H31N3O. The molecule has 1 atom stereocenters. The van der Waals surface area contributed by atoms with Gasteiger partial charge in [-0.3, -0.25) is 0 Å². The van der Waals surface area contributed by atoms with Crippen LogP contribution in [0.4, 0.5) is 5.82 Å². The maximum absolute atomic E-state index is 9.20. The number of rotatable bonds is 6. The average molecular weight is 390 g/mol. The van der Waals surface area contributed by atoms with E-state index in [1.807, 2.05) is 0 Å². The van der Waals surface area contributed by atoms with Crippen molar-refractivity contribution in [3.05, 3.63) is 60.2 Å². The van der Waals surface area contributed by atoms with Gasteiger partial charge in [-0.2, -0.15) is 0 Å². The molecule has 2 heterocycles. The number of fused-ring (bicyclic) bond motifs is 1. The quantitative estimate of drug-likeness (QED) is 0.672. The van der Waals surface area contributed by atoms with Crippen LogP contribution in [-0.2, 0) is 0 Å². The third-order valence-electron chi connectivity index (χ3n) is 6.18. The molecule has 4 heteroatoms. The highest BCUT2D eigenvalue weighted by atomic mass is 16.3. The van der Waals surface area contributed by atoms with Crippen LogP contribution in [-0.4, -0.2) is 54.3 Å². The zero-order chi connectivity index (χ0) is 20.2. The lowest BCUT2D eigenvalue weighted by molar-refractivity contribution is 0.271. The van der Waals surface area contributed by atoms with E-state index in [0.29, 0.717) is 5.92 Å². The van der Waals surface area contributed by atoms with Crippen LogP contribution in [0.15, 0.2) is 54.6 Å². The van der Waals surface area contributed by atoms with Crippen LogP contribution < -0.4 is 4.90 Å². The standard InChI is InChI=1S/C25H31N3O/c1-3-27-13-15-28(16-14-27)25-23-7-5-4-6-22(23)18-24(26-25)21-10-8-20(9-11-21)19(2)12-17-29/h4-11,18-19,29H,3,12-17H2,1-2H3. The SMILES string of the molecule is CCN1CCN(c2nc(-c3ccc(C(C)CCO)cc3)cc3ccccc23)CC1. The van der Waals surface area contributed by atoms with Gasteiger partial charge in [-0.25, -0.2) is 4.98 Å². The largest absolute Gasteiger partial charge is 0.396 e. The summed E-state index contributed by atoms with van der Waals surface area (Å²) < 4.78 is 0. The molecule has 4 nitrogen and oxygen atoms in total. The number of nitrogens with zero attached hydrogens (tertiary/aromatic N) is 3. The second-order valence-corrected chi connectivity index (χ2v) is 8.01. The number of anilines is 1. The van der Waals surface area contributed by atoms with Crippen molar-refractivity contribution in [1.29, 1.82) is 0 Å². The molecule has 0 spiro atoms. The molecule has 2 aromatic carbocycles. The Morgan fingerprint density at radius 1 is 1.00 bits per heavy atom. The highest BCUT2D eigenvalue weighted by molar-refractivity contribution is 5.95. The molecule has 0 aliphatic carbocycles. The van der Waals surface area contributed by atoms with Gasteiger partial charge in [-0.1, -0.05) is 62.4 Å². The predicted octanol–water partition coefficient (Wildman–Crippen LogP) is 4.53. The van der Waals surface area contributed by atoms with Crippen molar-refractivity contribution in [2.24, 2.45) is 0 Å². The molecule has 0 radical (unpaired) electrons. The van der Waals surface area contributed by atoms with Gasteiger partial charge in [0.15, 0.2) is 0 Å². The second kappa shape index (κ2) is 8.93. The van der Waals surface area contributed by atoms with Crippen LogP contribution >= 0.6 is 0 Å². The van der Waals surface area contributed by atoms with Gasteiger partial charge in [0.1, 0.15) is 5.82 Å². The maximum Gasteiger partial charge on any atom is 0.137 e. The fourth-order valence-corrected chi connectivity index (χ4v) is 4.19. The van der Waals surface area contributed by atoms with Crippen LogP contribution in [0, 0.1) is 0 Å². The summed E-state index contributed by atoms with van der Waals surface area (Å²) in [5, 5.41) is 11.7. The molecule has 1 fully saturated rings. The number of likely N-dealkylation sites (N-methyl/N-ethyl adjacent to an activating group) is 1. The number of piperazine rings is 1. The van der Waals surface area contributed by atoms with E-state index < -0.39 is 0 Å². The van der Waals surface area contributed by atoms with Crippen molar-refractivity contribution in [1.82, 2.24) is 9.88 Å². The topological polar surface area (TPSA) is 39.6 Å². The Hall–Kier alpha value is -2.43. The molecule has 1 unspecified atom stereocenters. The summed E-state index contributed by atoms with van der Waals surface area (Å²) >= 11 is 0. The van der Waals surface area contributed by atoms with E-state index in [2.05, 4.69) is 78.2 Å². The van der Waals surface area contributed by atoms with E-state index in [1.165, 1.54) is 16.3 Å². The van der Waals surface area contributed by atoms with Crippen LogP contribution in [0.5, 0.6) is 0 Å². The highest BCUT2D eigenvalue weighted by Crippen LogP contribution is 2.31. The van der Waals surface area contributed by atoms with Gasteiger partial charge in [-0.05, 0) is 35.9 Å². The molecule has 29 heavy (non-hydrogen) atoms. The molecule has 0 saturated carbocycles. The molecule has 1 aliphatic rings. The Balaban J connectivity index is 1.69. The summed E-state index contributed by atoms with van der Waals surface area (Å²) in [5.74, 6) is 1.47. The first-order valence-electron chi connectivity index (χ1n) is 10.8. The Labute approximate surface area is 173 Å².